The van der Waals surface area contributed by atoms with Crippen LogP contribution in [0.5, 0.6) is 5.75 Å². The summed E-state index contributed by atoms with van der Waals surface area (Å²) < 4.78 is 7.16. The van der Waals surface area contributed by atoms with Crippen molar-refractivity contribution in [3.8, 4) is 5.75 Å². The van der Waals surface area contributed by atoms with E-state index in [0.717, 1.165) is 17.3 Å². The molecule has 4 heteroatoms. The molecule has 92 valence electrons. The molecular formula is C14H15N3O. The van der Waals surface area contributed by atoms with Gasteiger partial charge < -0.3 is 9.30 Å². The van der Waals surface area contributed by atoms with Gasteiger partial charge in [0.15, 0.2) is 5.82 Å². The van der Waals surface area contributed by atoms with Crippen LogP contribution in [0.2, 0.25) is 0 Å². The average Bonchev–Trinajstić information content (AvgIpc) is 2.86. The topological polar surface area (TPSA) is 38.9 Å². The van der Waals surface area contributed by atoms with E-state index >= 15 is 0 Å². The van der Waals surface area contributed by atoms with Crippen molar-refractivity contribution < 1.29 is 4.74 Å². The molecule has 0 bridgehead atoms. The molecule has 4 nitrogen and oxygen atoms in total. The third-order valence-corrected chi connectivity index (χ3v) is 2.37. The van der Waals surface area contributed by atoms with E-state index in [1.807, 2.05) is 49.5 Å². The Morgan fingerprint density at radius 2 is 2.00 bits per heavy atom. The van der Waals surface area contributed by atoms with Gasteiger partial charge in [0.05, 0.1) is 12.3 Å². The van der Waals surface area contributed by atoms with Gasteiger partial charge in [0.1, 0.15) is 5.75 Å². The van der Waals surface area contributed by atoms with Crippen molar-refractivity contribution in [3.05, 3.63) is 49.2 Å². The Bertz CT molecular complexity index is 540. The third-order valence-electron chi connectivity index (χ3n) is 2.37. The van der Waals surface area contributed by atoms with E-state index < -0.39 is 0 Å². The SMILES string of the molecule is C=Cn1cccc1N=Nc1ccc(OCC)cc1. The molecule has 0 saturated carbocycles. The van der Waals surface area contributed by atoms with Crippen molar-refractivity contribution in [1.82, 2.24) is 4.57 Å². The number of hydrogen-bond acceptors (Lipinski definition) is 3. The first kappa shape index (κ1) is 12.1. The highest BCUT2D eigenvalue weighted by Gasteiger charge is 1.96. The maximum absolute atomic E-state index is 5.36. The predicted octanol–water partition coefficient (Wildman–Crippen LogP) is 4.40. The molecule has 0 aliphatic carbocycles. The van der Waals surface area contributed by atoms with Crippen molar-refractivity contribution in [2.45, 2.75) is 6.92 Å². The van der Waals surface area contributed by atoms with Gasteiger partial charge in [-0.05, 0) is 43.3 Å². The van der Waals surface area contributed by atoms with E-state index in [4.69, 9.17) is 4.74 Å². The maximum Gasteiger partial charge on any atom is 0.159 e. The van der Waals surface area contributed by atoms with Crippen LogP contribution in [-0.4, -0.2) is 11.2 Å². The molecule has 2 rings (SSSR count). The van der Waals surface area contributed by atoms with Crippen molar-refractivity contribution in [2.24, 2.45) is 10.2 Å². The molecule has 0 atom stereocenters. The van der Waals surface area contributed by atoms with Crippen molar-refractivity contribution >= 4 is 17.7 Å². The molecule has 1 aromatic heterocycles. The van der Waals surface area contributed by atoms with Crippen molar-refractivity contribution in [3.63, 3.8) is 0 Å². The van der Waals surface area contributed by atoms with E-state index in [9.17, 15) is 0 Å². The molecule has 1 aromatic carbocycles. The number of nitrogens with zero attached hydrogens (tertiary/aromatic N) is 3. The van der Waals surface area contributed by atoms with E-state index in [2.05, 4.69) is 16.8 Å². The number of rotatable bonds is 5. The fourth-order valence-electron chi connectivity index (χ4n) is 1.51. The minimum absolute atomic E-state index is 0.660. The van der Waals surface area contributed by atoms with E-state index in [-0.39, 0.29) is 0 Å². The molecule has 0 amide bonds. The Morgan fingerprint density at radius 3 is 2.67 bits per heavy atom. The Hall–Kier alpha value is -2.36. The lowest BCUT2D eigenvalue weighted by molar-refractivity contribution is 0.340. The highest BCUT2D eigenvalue weighted by atomic mass is 16.5. The van der Waals surface area contributed by atoms with Crippen LogP contribution in [0.25, 0.3) is 6.20 Å². The average molecular weight is 241 g/mol. The van der Waals surface area contributed by atoms with Gasteiger partial charge in [-0.3, -0.25) is 0 Å². The fraction of sp³-hybridized carbons (Fsp3) is 0.143. The summed E-state index contributed by atoms with van der Waals surface area (Å²) in [6.07, 6.45) is 3.56. The first-order valence-electron chi connectivity index (χ1n) is 5.77. The van der Waals surface area contributed by atoms with Crippen LogP contribution < -0.4 is 4.74 Å². The van der Waals surface area contributed by atoms with Crippen LogP contribution in [-0.2, 0) is 0 Å². The first-order chi connectivity index (χ1) is 8.83. The highest BCUT2D eigenvalue weighted by Crippen LogP contribution is 2.21. The molecule has 1 heterocycles. The van der Waals surface area contributed by atoms with Gasteiger partial charge in [-0.25, -0.2) is 0 Å². The number of azo groups is 1. The molecule has 0 aliphatic heterocycles. The van der Waals surface area contributed by atoms with E-state index in [0.29, 0.717) is 6.61 Å². The summed E-state index contributed by atoms with van der Waals surface area (Å²) in [6, 6.07) is 11.3. The standard InChI is InChI=1S/C14H15N3O/c1-3-17-11-5-6-14(17)16-15-12-7-9-13(10-8-12)18-4-2/h3,5-11H,1,4H2,2H3. The summed E-state index contributed by atoms with van der Waals surface area (Å²) in [5.74, 6) is 1.59. The molecule has 2 aromatic rings. The van der Waals surface area contributed by atoms with Crippen LogP contribution >= 0.6 is 0 Å². The number of benzene rings is 1. The largest absolute Gasteiger partial charge is 0.494 e. The molecule has 0 unspecified atom stereocenters. The Kier molecular flexibility index (Phi) is 3.91. The van der Waals surface area contributed by atoms with Gasteiger partial charge >= 0.3 is 0 Å². The van der Waals surface area contributed by atoms with Gasteiger partial charge in [0.25, 0.3) is 0 Å². The fourth-order valence-corrected chi connectivity index (χ4v) is 1.51. The molecule has 0 radical (unpaired) electrons. The van der Waals surface area contributed by atoms with Crippen LogP contribution in [0.4, 0.5) is 11.5 Å². The summed E-state index contributed by atoms with van der Waals surface area (Å²) in [5, 5.41) is 8.32. The second kappa shape index (κ2) is 5.82. The molecule has 0 aliphatic rings. The Morgan fingerprint density at radius 1 is 1.22 bits per heavy atom. The number of hydrogen-bond donors (Lipinski definition) is 0. The smallest absolute Gasteiger partial charge is 0.159 e. The van der Waals surface area contributed by atoms with Crippen molar-refractivity contribution in [1.29, 1.82) is 0 Å². The number of ether oxygens (including phenoxy) is 1. The summed E-state index contributed by atoms with van der Waals surface area (Å²) in [6.45, 7) is 6.31. The normalized spacial score (nSPS) is 10.7. The first-order valence-corrected chi connectivity index (χ1v) is 5.77. The van der Waals surface area contributed by atoms with Crippen LogP contribution in [0.3, 0.4) is 0 Å². The van der Waals surface area contributed by atoms with Gasteiger partial charge in [-0.15, -0.1) is 10.2 Å². The van der Waals surface area contributed by atoms with Gasteiger partial charge in [-0.2, -0.15) is 0 Å². The quantitative estimate of drug-likeness (QED) is 0.715. The van der Waals surface area contributed by atoms with Gasteiger partial charge in [0.2, 0.25) is 0 Å². The highest BCUT2D eigenvalue weighted by molar-refractivity contribution is 5.43. The Labute approximate surface area is 106 Å². The van der Waals surface area contributed by atoms with Gasteiger partial charge in [-0.1, -0.05) is 6.58 Å². The minimum atomic E-state index is 0.660. The summed E-state index contributed by atoms with van der Waals surface area (Å²) in [7, 11) is 0. The molecule has 0 spiro atoms. The molecule has 0 fully saturated rings. The third kappa shape index (κ3) is 2.85. The molecular weight excluding hydrogens is 226 g/mol. The second-order valence-electron chi connectivity index (χ2n) is 3.58. The molecule has 0 saturated heterocycles. The van der Waals surface area contributed by atoms with Crippen LogP contribution in [0, 0.1) is 0 Å². The summed E-state index contributed by atoms with van der Waals surface area (Å²) in [4.78, 5) is 0. The monoisotopic (exact) mass is 241 g/mol. The lowest BCUT2D eigenvalue weighted by Crippen LogP contribution is -1.89. The zero-order valence-electron chi connectivity index (χ0n) is 10.3. The van der Waals surface area contributed by atoms with Gasteiger partial charge in [0, 0.05) is 12.4 Å². The van der Waals surface area contributed by atoms with Crippen LogP contribution in [0.1, 0.15) is 6.92 Å². The molecule has 18 heavy (non-hydrogen) atoms. The minimum Gasteiger partial charge on any atom is -0.494 e. The number of aromatic nitrogens is 1. The molecule has 0 N–H and O–H groups in total. The zero-order valence-corrected chi connectivity index (χ0v) is 10.3. The lowest BCUT2D eigenvalue weighted by atomic mass is 10.3. The van der Waals surface area contributed by atoms with E-state index in [1.54, 1.807) is 10.8 Å². The zero-order chi connectivity index (χ0) is 12.8. The van der Waals surface area contributed by atoms with Crippen LogP contribution in [0.15, 0.2) is 59.4 Å². The summed E-state index contributed by atoms with van der Waals surface area (Å²) in [5.41, 5.74) is 0.787. The maximum atomic E-state index is 5.36. The lowest BCUT2D eigenvalue weighted by Gasteiger charge is -2.01. The second-order valence-corrected chi connectivity index (χ2v) is 3.58. The van der Waals surface area contributed by atoms with Crippen molar-refractivity contribution in [2.75, 3.05) is 6.61 Å². The predicted molar refractivity (Wildman–Crippen MR) is 72.6 cm³/mol. The summed E-state index contributed by atoms with van der Waals surface area (Å²) >= 11 is 0. The van der Waals surface area contributed by atoms with E-state index in [1.165, 1.54) is 0 Å². The Balaban J connectivity index is 2.11.